The van der Waals surface area contributed by atoms with E-state index in [1.54, 1.807) is 27.8 Å². The molecular formula is C28H42N2O4Si. The van der Waals surface area contributed by atoms with Crippen LogP contribution in [0.5, 0.6) is 0 Å². The zero-order valence-electron chi connectivity index (χ0n) is 22.5. The summed E-state index contributed by atoms with van der Waals surface area (Å²) in [5.41, 5.74) is 5.04. The number of rotatable bonds is 9. The number of nitrogens with zero attached hydrogens (tertiary/aromatic N) is 1. The molecule has 2 N–H and O–H groups in total. The van der Waals surface area contributed by atoms with Gasteiger partial charge in [0.05, 0.1) is 0 Å². The van der Waals surface area contributed by atoms with E-state index >= 15 is 0 Å². The molecule has 2 aromatic carbocycles. The number of carbonyl (C=O) groups is 2. The maximum absolute atomic E-state index is 12.6. The Balaban J connectivity index is 2.32. The fourth-order valence-electron chi connectivity index (χ4n) is 4.40. The first kappa shape index (κ1) is 28.6. The van der Waals surface area contributed by atoms with Gasteiger partial charge in [-0.1, -0.05) is 88.4 Å². The zero-order valence-corrected chi connectivity index (χ0v) is 23.5. The molecule has 0 aliphatic carbocycles. The number of amides is 2. The second kappa shape index (κ2) is 11.4. The molecule has 0 saturated carbocycles. The van der Waals surface area contributed by atoms with Crippen LogP contribution >= 0.6 is 0 Å². The van der Waals surface area contributed by atoms with Gasteiger partial charge in [0.1, 0.15) is 11.6 Å². The average Bonchev–Trinajstić information content (AvgIpc) is 2.76. The molecule has 0 bridgehead atoms. The Morgan fingerprint density at radius 3 is 1.74 bits per heavy atom. The summed E-state index contributed by atoms with van der Waals surface area (Å²) in [6, 6.07) is 20.1. The highest BCUT2D eigenvalue weighted by Gasteiger charge is 2.50. The first-order chi connectivity index (χ1) is 16.2. The molecule has 0 radical (unpaired) electrons. The topological polar surface area (TPSA) is 81.9 Å². The van der Waals surface area contributed by atoms with Crippen LogP contribution in [0.2, 0.25) is 5.04 Å². The smallest absolute Gasteiger partial charge is 0.410 e. The van der Waals surface area contributed by atoms with Gasteiger partial charge >= 0.3 is 6.09 Å². The molecule has 0 fully saturated rings. The van der Waals surface area contributed by atoms with Gasteiger partial charge in [-0.3, -0.25) is 9.69 Å². The molecule has 0 heterocycles. The van der Waals surface area contributed by atoms with Gasteiger partial charge in [0, 0.05) is 13.7 Å². The maximum atomic E-state index is 12.6. The van der Waals surface area contributed by atoms with Crippen LogP contribution in [0.1, 0.15) is 54.9 Å². The lowest BCUT2D eigenvalue weighted by Gasteiger charge is -2.43. The van der Waals surface area contributed by atoms with Crippen molar-refractivity contribution in [1.82, 2.24) is 4.90 Å². The Hall–Kier alpha value is -2.64. The third kappa shape index (κ3) is 7.18. The van der Waals surface area contributed by atoms with Crippen LogP contribution in [0.3, 0.4) is 0 Å². The second-order valence-electron chi connectivity index (χ2n) is 11.3. The summed E-state index contributed by atoms with van der Waals surface area (Å²) in [5.74, 6) is -0.588. The molecule has 192 valence electrons. The highest BCUT2D eigenvalue weighted by molar-refractivity contribution is 6.99. The van der Waals surface area contributed by atoms with Crippen LogP contribution in [0.15, 0.2) is 60.7 Å². The lowest BCUT2D eigenvalue weighted by Crippen LogP contribution is -2.67. The van der Waals surface area contributed by atoms with Gasteiger partial charge in [-0.2, -0.15) is 0 Å². The average molecular weight is 499 g/mol. The van der Waals surface area contributed by atoms with E-state index in [2.05, 4.69) is 69.3 Å². The Morgan fingerprint density at radius 1 is 0.914 bits per heavy atom. The molecule has 2 atom stereocenters. The number of hydrogen-bond acceptors (Lipinski definition) is 4. The van der Waals surface area contributed by atoms with Gasteiger partial charge in [-0.15, -0.1) is 0 Å². The van der Waals surface area contributed by atoms with Crippen LogP contribution in [0, 0.1) is 5.92 Å². The fraction of sp³-hybridized carbons (Fsp3) is 0.500. The van der Waals surface area contributed by atoms with Gasteiger partial charge in [0.15, 0.2) is 0 Å². The minimum absolute atomic E-state index is 0.0287. The van der Waals surface area contributed by atoms with Crippen molar-refractivity contribution in [2.45, 2.75) is 71.6 Å². The summed E-state index contributed by atoms with van der Waals surface area (Å²) >= 11 is 0. The Morgan fingerprint density at radius 2 is 1.37 bits per heavy atom. The van der Waals surface area contributed by atoms with E-state index in [1.807, 2.05) is 19.1 Å². The standard InChI is InChI=1S/C28H42N2O4Si/c1-21(19-24(25(29)31)30(8)26(32)34-27(2,3)4)20-33-35(28(5,6)7,22-15-11-9-12-16-22)23-17-13-10-14-18-23/h9-18,21,24H,19-20H2,1-8H3,(H2,29,31)/t21-,24-/m0/s1. The number of likely N-dealkylation sites (N-methyl/N-ethyl adjacent to an activating group) is 1. The summed E-state index contributed by atoms with van der Waals surface area (Å²) < 4.78 is 12.4. The van der Waals surface area contributed by atoms with E-state index in [1.165, 1.54) is 15.3 Å². The molecule has 0 saturated heterocycles. The number of ether oxygens (including phenoxy) is 1. The minimum atomic E-state index is -2.69. The van der Waals surface area contributed by atoms with Crippen LogP contribution in [-0.2, 0) is 14.0 Å². The molecule has 35 heavy (non-hydrogen) atoms. The summed E-state index contributed by atoms with van der Waals surface area (Å²) in [6.07, 6.45) is -0.190. The molecule has 2 aromatic rings. The SMILES string of the molecule is C[C@H](CO[Si](c1ccccc1)(c1ccccc1)C(C)(C)C)C[C@@H](C(N)=O)N(C)C(=O)OC(C)(C)C. The van der Waals surface area contributed by atoms with E-state index in [-0.39, 0.29) is 11.0 Å². The van der Waals surface area contributed by atoms with E-state index in [0.29, 0.717) is 13.0 Å². The lowest BCUT2D eigenvalue weighted by molar-refractivity contribution is -0.123. The Bertz CT molecular complexity index is 928. The zero-order chi connectivity index (χ0) is 26.4. The predicted octanol–water partition coefficient (Wildman–Crippen LogP) is 4.31. The van der Waals surface area contributed by atoms with Crippen molar-refractivity contribution in [2.24, 2.45) is 11.7 Å². The highest BCUT2D eigenvalue weighted by atomic mass is 28.4. The van der Waals surface area contributed by atoms with E-state index in [0.717, 1.165) is 0 Å². The van der Waals surface area contributed by atoms with Crippen molar-refractivity contribution in [3.63, 3.8) is 0 Å². The summed E-state index contributed by atoms with van der Waals surface area (Å²) in [7, 11) is -1.14. The minimum Gasteiger partial charge on any atom is -0.444 e. The van der Waals surface area contributed by atoms with Crippen LogP contribution in [0.25, 0.3) is 0 Å². The number of nitrogens with two attached hydrogens (primary N) is 1. The van der Waals surface area contributed by atoms with E-state index in [9.17, 15) is 9.59 Å². The predicted molar refractivity (Wildman–Crippen MR) is 144 cm³/mol. The van der Waals surface area contributed by atoms with E-state index in [4.69, 9.17) is 14.9 Å². The molecular weight excluding hydrogens is 456 g/mol. The van der Waals surface area contributed by atoms with Crippen molar-refractivity contribution in [3.8, 4) is 0 Å². The molecule has 0 aromatic heterocycles. The van der Waals surface area contributed by atoms with Crippen LogP contribution in [0.4, 0.5) is 4.79 Å². The van der Waals surface area contributed by atoms with Crippen molar-refractivity contribution in [3.05, 3.63) is 60.7 Å². The molecule has 0 unspecified atom stereocenters. The number of benzene rings is 2. The Labute approximate surface area is 211 Å². The third-order valence-electron chi connectivity index (χ3n) is 6.10. The van der Waals surface area contributed by atoms with Crippen LogP contribution < -0.4 is 16.1 Å². The van der Waals surface area contributed by atoms with Gasteiger partial charge in [0.25, 0.3) is 8.32 Å². The normalized spacial score (nSPS) is 14.2. The number of carbonyl (C=O) groups excluding carboxylic acids is 2. The van der Waals surface area contributed by atoms with Crippen molar-refractivity contribution < 1.29 is 18.8 Å². The summed E-state index contributed by atoms with van der Waals surface area (Å²) in [6.45, 7) is 14.5. The van der Waals surface area contributed by atoms with Gasteiger partial charge in [-0.05, 0) is 48.5 Å². The monoisotopic (exact) mass is 498 g/mol. The van der Waals surface area contributed by atoms with Crippen molar-refractivity contribution in [1.29, 1.82) is 0 Å². The number of hydrogen-bond donors (Lipinski definition) is 1. The molecule has 0 aliphatic heterocycles. The largest absolute Gasteiger partial charge is 0.444 e. The van der Waals surface area contributed by atoms with Gasteiger partial charge in [0.2, 0.25) is 5.91 Å². The number of primary amides is 1. The first-order valence-electron chi connectivity index (χ1n) is 12.2. The molecule has 7 heteroatoms. The molecule has 6 nitrogen and oxygen atoms in total. The Kier molecular flexibility index (Phi) is 9.31. The van der Waals surface area contributed by atoms with Crippen molar-refractivity contribution >= 4 is 30.7 Å². The van der Waals surface area contributed by atoms with Crippen LogP contribution in [-0.4, -0.2) is 50.5 Å². The maximum Gasteiger partial charge on any atom is 0.410 e. The lowest BCUT2D eigenvalue weighted by atomic mass is 10.0. The highest BCUT2D eigenvalue weighted by Crippen LogP contribution is 2.37. The van der Waals surface area contributed by atoms with Crippen molar-refractivity contribution in [2.75, 3.05) is 13.7 Å². The van der Waals surface area contributed by atoms with Gasteiger partial charge in [-0.25, -0.2) is 4.79 Å². The molecule has 0 spiro atoms. The molecule has 2 amide bonds. The third-order valence-corrected chi connectivity index (χ3v) is 11.1. The first-order valence-corrected chi connectivity index (χ1v) is 14.1. The van der Waals surface area contributed by atoms with Gasteiger partial charge < -0.3 is 14.9 Å². The fourth-order valence-corrected chi connectivity index (χ4v) is 9.09. The quantitative estimate of drug-likeness (QED) is 0.522. The molecule has 0 aliphatic rings. The van der Waals surface area contributed by atoms with E-state index < -0.39 is 32.0 Å². The molecule has 2 rings (SSSR count). The second-order valence-corrected chi connectivity index (χ2v) is 15.6. The summed E-state index contributed by atoms with van der Waals surface area (Å²) in [5, 5.41) is 2.25. The summed E-state index contributed by atoms with van der Waals surface area (Å²) in [4.78, 5) is 26.2.